The summed E-state index contributed by atoms with van der Waals surface area (Å²) in [7, 11) is 1.73. The Labute approximate surface area is 111 Å². The van der Waals surface area contributed by atoms with Gasteiger partial charge in [-0.25, -0.2) is 0 Å². The van der Waals surface area contributed by atoms with E-state index in [1.54, 1.807) is 7.11 Å². The van der Waals surface area contributed by atoms with Gasteiger partial charge in [-0.15, -0.1) is 0 Å². The number of benzene rings is 1. The van der Waals surface area contributed by atoms with Crippen molar-refractivity contribution in [2.45, 2.75) is 34.1 Å². The zero-order valence-electron chi connectivity index (χ0n) is 12.3. The van der Waals surface area contributed by atoms with E-state index in [-0.39, 0.29) is 0 Å². The Morgan fingerprint density at radius 2 is 1.94 bits per heavy atom. The maximum atomic E-state index is 5.63. The minimum atomic E-state index is 0.551. The molecule has 3 N–H and O–H groups in total. The van der Waals surface area contributed by atoms with Crippen LogP contribution in [-0.2, 0) is 0 Å². The van der Waals surface area contributed by atoms with Crippen LogP contribution in [0.3, 0.4) is 0 Å². The van der Waals surface area contributed by atoms with Gasteiger partial charge in [0, 0.05) is 6.54 Å². The molecule has 3 heteroatoms. The lowest BCUT2D eigenvalue weighted by molar-refractivity contribution is 0.412. The molecule has 0 aliphatic carbocycles. The maximum Gasteiger partial charge on any atom is 0.145 e. The third kappa shape index (κ3) is 3.39. The molecule has 1 atom stereocenters. The molecule has 1 rings (SSSR count). The molecule has 0 aromatic heterocycles. The molecule has 1 aromatic carbocycles. The molecule has 0 radical (unpaired) electrons. The summed E-state index contributed by atoms with van der Waals surface area (Å²) in [6.45, 7) is 10.2. The smallest absolute Gasteiger partial charge is 0.145 e. The average molecular weight is 250 g/mol. The number of rotatable bonds is 6. The Kier molecular flexibility index (Phi) is 5.48. The van der Waals surface area contributed by atoms with Gasteiger partial charge in [0.05, 0.1) is 12.8 Å². The molecule has 1 unspecified atom stereocenters. The van der Waals surface area contributed by atoms with Gasteiger partial charge in [-0.2, -0.15) is 0 Å². The number of hydrogen-bond donors (Lipinski definition) is 2. The molecule has 3 nitrogen and oxygen atoms in total. The molecular weight excluding hydrogens is 224 g/mol. The molecule has 0 bridgehead atoms. The Balaban J connectivity index is 2.84. The Morgan fingerprint density at radius 1 is 1.28 bits per heavy atom. The van der Waals surface area contributed by atoms with Crippen LogP contribution in [0.2, 0.25) is 0 Å². The normalized spacial score (nSPS) is 12.3. The summed E-state index contributed by atoms with van der Waals surface area (Å²) in [5.74, 6) is 1.52. The van der Waals surface area contributed by atoms with E-state index in [9.17, 15) is 0 Å². The number of methoxy groups -OCH3 is 1. The first kappa shape index (κ1) is 14.8. The summed E-state index contributed by atoms with van der Waals surface area (Å²) in [6.07, 6.45) is 1.08. The molecule has 18 heavy (non-hydrogen) atoms. The van der Waals surface area contributed by atoms with Gasteiger partial charge in [0.15, 0.2) is 0 Å². The minimum absolute atomic E-state index is 0.551. The van der Waals surface area contributed by atoms with Gasteiger partial charge in [0.1, 0.15) is 5.75 Å². The lowest BCUT2D eigenvalue weighted by atomic mass is 10.0. The quantitative estimate of drug-likeness (QED) is 0.816. The van der Waals surface area contributed by atoms with Crippen molar-refractivity contribution in [1.82, 2.24) is 0 Å². The molecule has 0 saturated carbocycles. The lowest BCUT2D eigenvalue weighted by Crippen LogP contribution is -2.15. The van der Waals surface area contributed by atoms with Gasteiger partial charge in [-0.3, -0.25) is 0 Å². The van der Waals surface area contributed by atoms with Crippen LogP contribution in [0.1, 0.15) is 30.0 Å². The van der Waals surface area contributed by atoms with Crippen LogP contribution < -0.4 is 15.8 Å². The van der Waals surface area contributed by atoms with E-state index >= 15 is 0 Å². The highest BCUT2D eigenvalue weighted by Gasteiger charge is 2.12. The molecule has 0 amide bonds. The largest absolute Gasteiger partial charge is 0.494 e. The van der Waals surface area contributed by atoms with Gasteiger partial charge >= 0.3 is 0 Å². The average Bonchev–Trinajstić information content (AvgIpc) is 2.35. The lowest BCUT2D eigenvalue weighted by Gasteiger charge is -2.18. The van der Waals surface area contributed by atoms with E-state index in [0.717, 1.165) is 30.9 Å². The summed E-state index contributed by atoms with van der Waals surface area (Å²) in [5.41, 5.74) is 10.5. The molecule has 0 heterocycles. The zero-order chi connectivity index (χ0) is 13.7. The van der Waals surface area contributed by atoms with Gasteiger partial charge in [0.2, 0.25) is 0 Å². The van der Waals surface area contributed by atoms with Crippen molar-refractivity contribution in [2.24, 2.45) is 11.7 Å². The second kappa shape index (κ2) is 6.64. The fourth-order valence-corrected chi connectivity index (χ4v) is 2.09. The highest BCUT2D eigenvalue weighted by molar-refractivity contribution is 5.66. The van der Waals surface area contributed by atoms with Crippen molar-refractivity contribution in [3.05, 3.63) is 22.8 Å². The molecule has 0 spiro atoms. The van der Waals surface area contributed by atoms with Crippen molar-refractivity contribution >= 4 is 5.69 Å². The second-order valence-corrected chi connectivity index (χ2v) is 5.10. The van der Waals surface area contributed by atoms with E-state index in [1.807, 2.05) is 0 Å². The van der Waals surface area contributed by atoms with Crippen LogP contribution in [0.25, 0.3) is 0 Å². The Bertz CT molecular complexity index is 402. The number of anilines is 1. The summed E-state index contributed by atoms with van der Waals surface area (Å²) in [5, 5.41) is 3.49. The van der Waals surface area contributed by atoms with E-state index in [1.165, 1.54) is 16.7 Å². The number of nitrogens with two attached hydrogens (primary N) is 1. The Hall–Kier alpha value is -1.22. The van der Waals surface area contributed by atoms with Gasteiger partial charge in [-0.1, -0.05) is 13.0 Å². The van der Waals surface area contributed by atoms with Crippen LogP contribution in [0.5, 0.6) is 5.75 Å². The monoisotopic (exact) mass is 250 g/mol. The highest BCUT2D eigenvalue weighted by Crippen LogP contribution is 2.34. The summed E-state index contributed by atoms with van der Waals surface area (Å²) < 4.78 is 5.53. The number of nitrogens with one attached hydrogen (secondary N) is 1. The third-order valence-electron chi connectivity index (χ3n) is 3.53. The highest BCUT2D eigenvalue weighted by atomic mass is 16.5. The van der Waals surface area contributed by atoms with E-state index < -0.39 is 0 Å². The number of hydrogen-bond acceptors (Lipinski definition) is 3. The SMILES string of the molecule is COc1c(C)c(C)cc(C)c1NCCC(C)CN. The number of aryl methyl sites for hydroxylation is 2. The van der Waals surface area contributed by atoms with Crippen molar-refractivity contribution in [2.75, 3.05) is 25.5 Å². The number of ether oxygens (including phenoxy) is 1. The van der Waals surface area contributed by atoms with Crippen LogP contribution in [0, 0.1) is 26.7 Å². The summed E-state index contributed by atoms with van der Waals surface area (Å²) in [4.78, 5) is 0. The minimum Gasteiger partial charge on any atom is -0.494 e. The summed E-state index contributed by atoms with van der Waals surface area (Å²) >= 11 is 0. The predicted molar refractivity (Wildman–Crippen MR) is 78.5 cm³/mol. The molecule has 0 aliphatic heterocycles. The fourth-order valence-electron chi connectivity index (χ4n) is 2.09. The van der Waals surface area contributed by atoms with Gasteiger partial charge in [0.25, 0.3) is 0 Å². The van der Waals surface area contributed by atoms with Gasteiger partial charge in [-0.05, 0) is 56.3 Å². The summed E-state index contributed by atoms with van der Waals surface area (Å²) in [6, 6.07) is 2.20. The third-order valence-corrected chi connectivity index (χ3v) is 3.53. The molecular formula is C15H26N2O. The maximum absolute atomic E-state index is 5.63. The van der Waals surface area contributed by atoms with Crippen LogP contribution >= 0.6 is 0 Å². The van der Waals surface area contributed by atoms with Gasteiger partial charge < -0.3 is 15.8 Å². The Morgan fingerprint density at radius 3 is 2.50 bits per heavy atom. The topological polar surface area (TPSA) is 47.3 Å². The van der Waals surface area contributed by atoms with Crippen LogP contribution in [0.15, 0.2) is 6.07 Å². The standard InChI is InChI=1S/C15H26N2O/c1-10(9-16)6-7-17-14-12(3)8-11(2)13(4)15(14)18-5/h8,10,17H,6-7,9,16H2,1-5H3. The van der Waals surface area contributed by atoms with Crippen molar-refractivity contribution in [3.8, 4) is 5.75 Å². The van der Waals surface area contributed by atoms with Crippen LogP contribution in [0.4, 0.5) is 5.69 Å². The molecule has 1 aromatic rings. The first-order valence-corrected chi connectivity index (χ1v) is 6.60. The molecule has 0 fully saturated rings. The molecule has 0 aliphatic rings. The van der Waals surface area contributed by atoms with Crippen molar-refractivity contribution < 1.29 is 4.74 Å². The predicted octanol–water partition coefficient (Wildman–Crippen LogP) is 3.02. The van der Waals surface area contributed by atoms with E-state index in [4.69, 9.17) is 10.5 Å². The second-order valence-electron chi connectivity index (χ2n) is 5.10. The first-order chi connectivity index (χ1) is 8.51. The zero-order valence-corrected chi connectivity index (χ0v) is 12.3. The molecule has 0 saturated heterocycles. The van der Waals surface area contributed by atoms with Crippen LogP contribution in [-0.4, -0.2) is 20.2 Å². The first-order valence-electron chi connectivity index (χ1n) is 6.60. The van der Waals surface area contributed by atoms with E-state index in [2.05, 4.69) is 39.1 Å². The fraction of sp³-hybridized carbons (Fsp3) is 0.600. The van der Waals surface area contributed by atoms with E-state index in [0.29, 0.717) is 5.92 Å². The van der Waals surface area contributed by atoms with Crippen molar-refractivity contribution in [3.63, 3.8) is 0 Å². The van der Waals surface area contributed by atoms with Crippen molar-refractivity contribution in [1.29, 1.82) is 0 Å². The molecule has 102 valence electrons.